The lowest BCUT2D eigenvalue weighted by Crippen LogP contribution is -2.37. The maximum Gasteiger partial charge on any atom is 0.344 e. The van der Waals surface area contributed by atoms with E-state index in [-0.39, 0.29) is 18.5 Å². The van der Waals surface area contributed by atoms with Crippen LogP contribution in [0.15, 0.2) is 0 Å². The van der Waals surface area contributed by atoms with Crippen molar-refractivity contribution in [1.82, 2.24) is 4.37 Å². The maximum absolute atomic E-state index is 11.8. The normalized spacial score (nSPS) is 10.8. The van der Waals surface area contributed by atoms with Crippen molar-refractivity contribution in [3.05, 3.63) is 5.56 Å². The van der Waals surface area contributed by atoms with Crippen molar-refractivity contribution in [2.24, 2.45) is 0 Å². The standard InChI is InChI=1S/C12H21N3O3S/c1-4-8(5-2)15(6-7-16)11-9(12(17)18-3)10(13)14-19-11/h8,16H,4-7H2,1-3H3,(H2,13,14). The van der Waals surface area contributed by atoms with E-state index < -0.39 is 5.97 Å². The van der Waals surface area contributed by atoms with Crippen molar-refractivity contribution in [2.75, 3.05) is 30.9 Å². The van der Waals surface area contributed by atoms with Crippen LogP contribution >= 0.6 is 11.5 Å². The van der Waals surface area contributed by atoms with Crippen LogP contribution in [0, 0.1) is 0 Å². The van der Waals surface area contributed by atoms with E-state index in [0.29, 0.717) is 17.1 Å². The lowest BCUT2D eigenvalue weighted by Gasteiger charge is -2.30. The molecular weight excluding hydrogens is 266 g/mol. The van der Waals surface area contributed by atoms with Crippen molar-refractivity contribution in [3.8, 4) is 0 Å². The SMILES string of the molecule is CCC(CC)N(CCO)c1snc(N)c1C(=O)OC. The van der Waals surface area contributed by atoms with E-state index in [9.17, 15) is 9.90 Å². The Hall–Kier alpha value is -1.34. The van der Waals surface area contributed by atoms with Crippen molar-refractivity contribution >= 4 is 28.3 Å². The Bertz CT molecular complexity index is 418. The summed E-state index contributed by atoms with van der Waals surface area (Å²) in [7, 11) is 1.32. The summed E-state index contributed by atoms with van der Waals surface area (Å²) in [4.78, 5) is 13.8. The summed E-state index contributed by atoms with van der Waals surface area (Å²) in [6, 6.07) is 0.232. The number of rotatable bonds is 7. The largest absolute Gasteiger partial charge is 0.465 e. The smallest absolute Gasteiger partial charge is 0.344 e. The molecule has 1 aromatic heterocycles. The third-order valence-corrected chi connectivity index (χ3v) is 3.97. The Morgan fingerprint density at radius 2 is 2.16 bits per heavy atom. The lowest BCUT2D eigenvalue weighted by atomic mass is 10.1. The number of carbonyl (C=O) groups is 1. The minimum Gasteiger partial charge on any atom is -0.465 e. The van der Waals surface area contributed by atoms with Gasteiger partial charge >= 0.3 is 5.97 Å². The van der Waals surface area contributed by atoms with E-state index in [0.717, 1.165) is 12.8 Å². The fraction of sp³-hybridized carbons (Fsp3) is 0.667. The minimum absolute atomic E-state index is 0.00885. The fourth-order valence-corrected chi connectivity index (χ4v) is 2.97. The van der Waals surface area contributed by atoms with Crippen LogP contribution < -0.4 is 10.6 Å². The number of anilines is 2. The molecule has 0 aliphatic rings. The van der Waals surface area contributed by atoms with Gasteiger partial charge < -0.3 is 20.5 Å². The van der Waals surface area contributed by atoms with Gasteiger partial charge in [-0.05, 0) is 24.4 Å². The van der Waals surface area contributed by atoms with E-state index in [2.05, 4.69) is 18.2 Å². The van der Waals surface area contributed by atoms with Crippen molar-refractivity contribution < 1.29 is 14.6 Å². The van der Waals surface area contributed by atoms with Crippen LogP contribution in [0.1, 0.15) is 37.0 Å². The van der Waals surface area contributed by atoms with Gasteiger partial charge in [-0.25, -0.2) is 4.79 Å². The Morgan fingerprint density at radius 1 is 1.53 bits per heavy atom. The summed E-state index contributed by atoms with van der Waals surface area (Å²) in [5, 5.41) is 9.90. The van der Waals surface area contributed by atoms with Crippen LogP contribution in [0.5, 0.6) is 0 Å². The highest BCUT2D eigenvalue weighted by Crippen LogP contribution is 2.33. The molecule has 3 N–H and O–H groups in total. The van der Waals surface area contributed by atoms with Crippen LogP contribution in [0.3, 0.4) is 0 Å². The zero-order valence-electron chi connectivity index (χ0n) is 11.5. The summed E-state index contributed by atoms with van der Waals surface area (Å²) in [6.45, 7) is 4.59. The lowest BCUT2D eigenvalue weighted by molar-refractivity contribution is 0.0602. The molecule has 0 spiro atoms. The minimum atomic E-state index is -0.491. The zero-order valence-corrected chi connectivity index (χ0v) is 12.4. The van der Waals surface area contributed by atoms with Gasteiger partial charge in [-0.3, -0.25) is 0 Å². The Balaban J connectivity index is 3.19. The van der Waals surface area contributed by atoms with Gasteiger partial charge in [-0.1, -0.05) is 13.8 Å². The molecule has 19 heavy (non-hydrogen) atoms. The number of hydrogen-bond acceptors (Lipinski definition) is 7. The number of esters is 1. The first kappa shape index (κ1) is 15.7. The summed E-state index contributed by atoms with van der Waals surface area (Å²) in [5.41, 5.74) is 6.04. The number of nitrogen functional groups attached to an aromatic ring is 1. The molecule has 0 saturated carbocycles. The van der Waals surface area contributed by atoms with Crippen molar-refractivity contribution in [3.63, 3.8) is 0 Å². The Morgan fingerprint density at radius 3 is 2.63 bits per heavy atom. The second-order valence-corrected chi connectivity index (χ2v) is 4.88. The van der Waals surface area contributed by atoms with Gasteiger partial charge in [0.25, 0.3) is 0 Å². The molecule has 0 amide bonds. The maximum atomic E-state index is 11.8. The summed E-state index contributed by atoms with van der Waals surface area (Å²) < 4.78 is 8.79. The number of ether oxygens (including phenoxy) is 1. The average molecular weight is 287 g/mol. The molecule has 0 aromatic carbocycles. The number of nitrogens with two attached hydrogens (primary N) is 1. The van der Waals surface area contributed by atoms with Gasteiger partial charge in [-0.2, -0.15) is 4.37 Å². The molecule has 7 heteroatoms. The van der Waals surface area contributed by atoms with E-state index in [1.807, 2.05) is 4.90 Å². The highest BCUT2D eigenvalue weighted by atomic mass is 32.1. The molecule has 0 aliphatic heterocycles. The van der Waals surface area contributed by atoms with Crippen molar-refractivity contribution in [1.29, 1.82) is 0 Å². The van der Waals surface area contributed by atoms with Gasteiger partial charge in [0.1, 0.15) is 10.6 Å². The third kappa shape index (κ3) is 3.36. The monoisotopic (exact) mass is 287 g/mol. The molecule has 0 aliphatic carbocycles. The summed E-state index contributed by atoms with van der Waals surface area (Å²) >= 11 is 1.17. The number of hydrogen-bond donors (Lipinski definition) is 2. The van der Waals surface area contributed by atoms with Gasteiger partial charge in [0, 0.05) is 12.6 Å². The van der Waals surface area contributed by atoms with E-state index in [1.165, 1.54) is 18.6 Å². The number of aliphatic hydroxyl groups is 1. The van der Waals surface area contributed by atoms with Crippen molar-refractivity contribution in [2.45, 2.75) is 32.7 Å². The number of methoxy groups -OCH3 is 1. The van der Waals surface area contributed by atoms with Crippen LogP contribution in [-0.4, -0.2) is 41.8 Å². The second-order valence-electron chi connectivity index (χ2n) is 4.13. The molecule has 0 radical (unpaired) electrons. The molecule has 1 heterocycles. The molecule has 0 fully saturated rings. The van der Waals surface area contributed by atoms with Crippen LogP contribution in [0.25, 0.3) is 0 Å². The quantitative estimate of drug-likeness (QED) is 0.739. The van der Waals surface area contributed by atoms with Gasteiger partial charge in [-0.15, -0.1) is 0 Å². The Kier molecular flexibility index (Phi) is 6.04. The average Bonchev–Trinajstić information content (AvgIpc) is 2.80. The molecule has 108 valence electrons. The first-order chi connectivity index (χ1) is 9.10. The molecular formula is C12H21N3O3S. The Labute approximate surface area is 117 Å². The van der Waals surface area contributed by atoms with E-state index in [1.54, 1.807) is 0 Å². The number of nitrogens with zero attached hydrogens (tertiary/aromatic N) is 2. The van der Waals surface area contributed by atoms with Crippen LogP contribution in [0.4, 0.5) is 10.8 Å². The summed E-state index contributed by atoms with van der Waals surface area (Å²) in [5.74, 6) is -0.309. The van der Waals surface area contributed by atoms with Gasteiger partial charge in [0.2, 0.25) is 0 Å². The van der Waals surface area contributed by atoms with Gasteiger partial charge in [0.15, 0.2) is 5.82 Å². The van der Waals surface area contributed by atoms with E-state index >= 15 is 0 Å². The predicted molar refractivity (Wildman–Crippen MR) is 76.7 cm³/mol. The second kappa shape index (κ2) is 7.30. The fourth-order valence-electron chi connectivity index (χ4n) is 2.07. The van der Waals surface area contributed by atoms with Crippen LogP contribution in [0.2, 0.25) is 0 Å². The first-order valence-corrected chi connectivity index (χ1v) is 7.08. The highest BCUT2D eigenvalue weighted by molar-refractivity contribution is 7.11. The zero-order chi connectivity index (χ0) is 14.4. The molecule has 0 atom stereocenters. The molecule has 1 rings (SSSR count). The molecule has 1 aromatic rings. The molecule has 0 bridgehead atoms. The highest BCUT2D eigenvalue weighted by Gasteiger charge is 2.27. The molecule has 6 nitrogen and oxygen atoms in total. The first-order valence-electron chi connectivity index (χ1n) is 6.31. The summed E-state index contributed by atoms with van der Waals surface area (Å²) in [6.07, 6.45) is 1.82. The van der Waals surface area contributed by atoms with Gasteiger partial charge in [0.05, 0.1) is 13.7 Å². The van der Waals surface area contributed by atoms with Crippen LogP contribution in [-0.2, 0) is 4.74 Å². The predicted octanol–water partition coefficient (Wildman–Crippen LogP) is 1.50. The molecule has 0 unspecified atom stereocenters. The topological polar surface area (TPSA) is 88.7 Å². The van der Waals surface area contributed by atoms with E-state index in [4.69, 9.17) is 10.5 Å². The number of aliphatic hydroxyl groups excluding tert-OH is 1. The number of carbonyl (C=O) groups excluding carboxylic acids is 1. The third-order valence-electron chi connectivity index (χ3n) is 3.08. The number of aromatic nitrogens is 1. The molecule has 0 saturated heterocycles.